The maximum atomic E-state index is 13.7. The summed E-state index contributed by atoms with van der Waals surface area (Å²) in [6.07, 6.45) is 6.05. The Hall–Kier alpha value is -3.11. The fourth-order valence-electron chi connectivity index (χ4n) is 6.23. The number of hydrogen-bond acceptors (Lipinski definition) is 7. The molecule has 216 valence electrons. The number of aliphatic hydroxyl groups is 1. The van der Waals surface area contributed by atoms with E-state index in [0.29, 0.717) is 59.5 Å². The summed E-state index contributed by atoms with van der Waals surface area (Å²) in [4.78, 5) is 30.5. The Kier molecular flexibility index (Phi) is 8.65. The summed E-state index contributed by atoms with van der Waals surface area (Å²) < 4.78 is 27.1. The van der Waals surface area contributed by atoms with Crippen LogP contribution in [-0.4, -0.2) is 56.6 Å². The number of unbranched alkanes of at least 4 members (excludes halogenated alkanes) is 2. The Labute approximate surface area is 233 Å². The highest BCUT2D eigenvalue weighted by Crippen LogP contribution is 2.35. The molecule has 2 aliphatic rings. The number of likely N-dealkylation sites (tertiary alicyclic amines) is 1. The van der Waals surface area contributed by atoms with Crippen molar-refractivity contribution < 1.29 is 28.0 Å². The number of piperidine rings is 1. The van der Waals surface area contributed by atoms with Crippen molar-refractivity contribution in [3.8, 4) is 0 Å². The normalized spacial score (nSPS) is 22.8. The number of aryl methyl sites for hydroxylation is 1. The quantitative estimate of drug-likeness (QED) is 0.220. The van der Waals surface area contributed by atoms with Gasteiger partial charge in [0.05, 0.1) is 25.3 Å². The van der Waals surface area contributed by atoms with Crippen molar-refractivity contribution in [3.63, 3.8) is 0 Å². The smallest absolute Gasteiger partial charge is 0.310 e. The fourth-order valence-corrected chi connectivity index (χ4v) is 6.23. The van der Waals surface area contributed by atoms with Crippen LogP contribution in [0.2, 0.25) is 0 Å². The highest BCUT2D eigenvalue weighted by Gasteiger charge is 2.37. The number of quaternary nitrogens is 1. The van der Waals surface area contributed by atoms with Crippen LogP contribution in [0, 0.1) is 12.7 Å². The lowest BCUT2D eigenvalue weighted by Crippen LogP contribution is -2.55. The molecule has 9 nitrogen and oxygen atoms in total. The topological polar surface area (TPSA) is 107 Å². The summed E-state index contributed by atoms with van der Waals surface area (Å²) in [7, 11) is 0. The molecule has 2 aliphatic heterocycles. The molecule has 0 radical (unpaired) electrons. The van der Waals surface area contributed by atoms with Gasteiger partial charge < -0.3 is 14.4 Å². The second-order valence-corrected chi connectivity index (χ2v) is 11.5. The summed E-state index contributed by atoms with van der Waals surface area (Å²) in [6, 6.07) is 4.51. The molecular weight excluding hydrogens is 515 g/mol. The molecule has 5 rings (SSSR count). The molecule has 1 atom stereocenters. The Balaban J connectivity index is 1.33. The fraction of sp³-hybridized carbons (Fsp3) is 0.600. The molecule has 0 spiro atoms. The van der Waals surface area contributed by atoms with Crippen LogP contribution in [0.3, 0.4) is 0 Å². The molecule has 4 heterocycles. The number of ether oxygens (including phenoxy) is 1. The average Bonchev–Trinajstić information content (AvgIpc) is 3.36. The molecule has 1 saturated heterocycles. The molecule has 1 unspecified atom stereocenters. The molecule has 0 aliphatic carbocycles. The molecule has 1 N–H and O–H groups in total. The van der Waals surface area contributed by atoms with E-state index in [1.165, 1.54) is 12.1 Å². The monoisotopic (exact) mass is 555 g/mol. The van der Waals surface area contributed by atoms with Gasteiger partial charge in [0.15, 0.2) is 5.58 Å². The van der Waals surface area contributed by atoms with Gasteiger partial charge in [-0.1, -0.05) is 24.9 Å². The van der Waals surface area contributed by atoms with Crippen molar-refractivity contribution in [2.24, 2.45) is 0 Å². The van der Waals surface area contributed by atoms with Crippen LogP contribution in [0.1, 0.15) is 93.1 Å². The Morgan fingerprint density at radius 2 is 2.05 bits per heavy atom. The number of halogens is 1. The zero-order chi connectivity index (χ0) is 28.3. The summed E-state index contributed by atoms with van der Waals surface area (Å²) in [5.74, 6) is 0.0753. The number of benzene rings is 1. The van der Waals surface area contributed by atoms with Crippen molar-refractivity contribution >= 4 is 16.9 Å². The molecule has 40 heavy (non-hydrogen) atoms. The van der Waals surface area contributed by atoms with Gasteiger partial charge in [-0.25, -0.2) is 9.37 Å². The second-order valence-electron chi connectivity index (χ2n) is 11.5. The standard InChI is InChI=1S/C30H40FN4O5/c1-3-4-5-8-27(37)39-19-35(17-13-23-20(2)32-29-25(36)7-6-14-34(29)30(23)38)15-11-21(12-16-35)28-24-10-9-22(31)18-26(24)40-33-28/h9-10,18,21,25,36H,3-8,11-17,19H2,1-2H3/q+1. The third-order valence-corrected chi connectivity index (χ3v) is 8.73. The van der Waals surface area contributed by atoms with Gasteiger partial charge in [0, 0.05) is 60.9 Å². The third kappa shape index (κ3) is 5.98. The van der Waals surface area contributed by atoms with Crippen LogP contribution in [0.4, 0.5) is 4.39 Å². The van der Waals surface area contributed by atoms with Gasteiger partial charge in [-0.15, -0.1) is 0 Å². The molecule has 0 saturated carbocycles. The van der Waals surface area contributed by atoms with Crippen LogP contribution >= 0.6 is 0 Å². The lowest BCUT2D eigenvalue weighted by molar-refractivity contribution is -0.948. The van der Waals surface area contributed by atoms with Crippen molar-refractivity contribution in [1.82, 2.24) is 14.7 Å². The van der Waals surface area contributed by atoms with Crippen LogP contribution in [0.5, 0.6) is 0 Å². The number of aliphatic hydroxyl groups excluding tert-OH is 1. The Morgan fingerprint density at radius 1 is 1.25 bits per heavy atom. The highest BCUT2D eigenvalue weighted by atomic mass is 19.1. The van der Waals surface area contributed by atoms with Crippen LogP contribution in [0.15, 0.2) is 27.5 Å². The number of hydrogen-bond donors (Lipinski definition) is 1. The predicted octanol–water partition coefficient (Wildman–Crippen LogP) is 4.68. The van der Waals surface area contributed by atoms with Gasteiger partial charge in [-0.2, -0.15) is 0 Å². The Morgan fingerprint density at radius 3 is 2.83 bits per heavy atom. The molecule has 0 bridgehead atoms. The van der Waals surface area contributed by atoms with Crippen LogP contribution in [-0.2, 0) is 22.5 Å². The minimum atomic E-state index is -0.706. The van der Waals surface area contributed by atoms with Crippen molar-refractivity contribution in [3.05, 3.63) is 57.1 Å². The lowest BCUT2D eigenvalue weighted by Gasteiger charge is -2.42. The number of esters is 1. The van der Waals surface area contributed by atoms with Gasteiger partial charge in [-0.3, -0.25) is 18.6 Å². The number of rotatable bonds is 10. The summed E-state index contributed by atoms with van der Waals surface area (Å²) in [6.45, 7) is 6.91. The third-order valence-electron chi connectivity index (χ3n) is 8.73. The Bertz CT molecular complexity index is 1410. The van der Waals surface area contributed by atoms with Crippen LogP contribution < -0.4 is 5.56 Å². The maximum Gasteiger partial charge on any atom is 0.310 e. The van der Waals surface area contributed by atoms with E-state index in [4.69, 9.17) is 9.26 Å². The summed E-state index contributed by atoms with van der Waals surface area (Å²) in [5.41, 5.74) is 2.53. The molecular formula is C30H40FN4O5+. The number of nitrogens with zero attached hydrogens (tertiary/aromatic N) is 4. The minimum Gasteiger partial charge on any atom is -0.415 e. The van der Waals surface area contributed by atoms with Gasteiger partial charge >= 0.3 is 5.97 Å². The van der Waals surface area contributed by atoms with E-state index in [9.17, 15) is 19.1 Å². The van der Waals surface area contributed by atoms with E-state index < -0.39 is 6.10 Å². The zero-order valence-corrected chi connectivity index (χ0v) is 23.5. The highest BCUT2D eigenvalue weighted by molar-refractivity contribution is 5.79. The molecule has 1 aromatic carbocycles. The zero-order valence-electron chi connectivity index (χ0n) is 23.5. The van der Waals surface area contributed by atoms with Crippen molar-refractivity contribution in [1.29, 1.82) is 0 Å². The number of carbonyl (C=O) groups excluding carboxylic acids is 1. The first-order valence-corrected chi connectivity index (χ1v) is 14.6. The summed E-state index contributed by atoms with van der Waals surface area (Å²) >= 11 is 0. The van der Waals surface area contributed by atoms with E-state index in [2.05, 4.69) is 17.1 Å². The van der Waals surface area contributed by atoms with Gasteiger partial charge in [0.2, 0.25) is 6.73 Å². The second kappa shape index (κ2) is 12.2. The number of carbonyl (C=O) groups is 1. The van der Waals surface area contributed by atoms with Gasteiger partial charge in [-0.05, 0) is 38.3 Å². The molecule has 0 amide bonds. The maximum absolute atomic E-state index is 13.7. The van der Waals surface area contributed by atoms with E-state index in [1.54, 1.807) is 10.6 Å². The lowest BCUT2D eigenvalue weighted by atomic mass is 9.90. The van der Waals surface area contributed by atoms with E-state index in [0.717, 1.165) is 62.7 Å². The van der Waals surface area contributed by atoms with Crippen LogP contribution in [0.25, 0.3) is 11.0 Å². The first kappa shape index (κ1) is 28.4. The predicted molar refractivity (Wildman–Crippen MR) is 147 cm³/mol. The van der Waals surface area contributed by atoms with Crippen molar-refractivity contribution in [2.75, 3.05) is 26.4 Å². The first-order chi connectivity index (χ1) is 19.3. The van der Waals surface area contributed by atoms with E-state index in [1.807, 2.05) is 6.92 Å². The largest absolute Gasteiger partial charge is 0.415 e. The molecule has 2 aromatic heterocycles. The van der Waals surface area contributed by atoms with Crippen molar-refractivity contribution in [2.45, 2.75) is 90.2 Å². The molecule has 1 fully saturated rings. The van der Waals surface area contributed by atoms with Gasteiger partial charge in [0.1, 0.15) is 17.7 Å². The number of fused-ring (bicyclic) bond motifs is 2. The summed E-state index contributed by atoms with van der Waals surface area (Å²) in [5, 5.41) is 15.5. The van der Waals surface area contributed by atoms with E-state index in [-0.39, 0.29) is 30.0 Å². The van der Waals surface area contributed by atoms with E-state index >= 15 is 0 Å². The van der Waals surface area contributed by atoms with Gasteiger partial charge in [0.25, 0.3) is 5.56 Å². The SMILES string of the molecule is CCCCCC(=O)OC[N+]1(CCc2c(C)nc3n(c2=O)CCCC3O)CCC(c2noc3cc(F)ccc23)CC1. The average molecular weight is 556 g/mol. The molecule has 10 heteroatoms. The number of aromatic nitrogens is 3. The first-order valence-electron chi connectivity index (χ1n) is 14.6. The molecule has 3 aromatic rings. The minimum absolute atomic E-state index is 0.0767.